The minimum absolute atomic E-state index is 0.0614. The molecule has 0 radical (unpaired) electrons. The summed E-state index contributed by atoms with van der Waals surface area (Å²) in [5, 5.41) is 5.58. The number of halogens is 1. The second-order valence-electron chi connectivity index (χ2n) is 7.92. The number of nitrogens with one attached hydrogen (secondary N) is 1. The normalized spacial score (nSPS) is 15.4. The predicted molar refractivity (Wildman–Crippen MR) is 133 cm³/mol. The molecule has 1 aliphatic heterocycles. The molecule has 7 nitrogen and oxygen atoms in total. The van der Waals surface area contributed by atoms with Crippen molar-refractivity contribution in [3.8, 4) is 16.9 Å². The standard InChI is InChI=1S/C25H23ClN2O5S/c1-14-4-9-20(32-2)19(10-14)28-12-16(11-21(28)29)23(30)27-24-22(25(31)33-3)18(13-34-24)15-5-7-17(26)8-6-15/h4-10,13,16H,11-12H2,1-3H3,(H,27,30). The Balaban J connectivity index is 1.58. The topological polar surface area (TPSA) is 84.9 Å². The van der Waals surface area contributed by atoms with Crippen molar-refractivity contribution in [2.24, 2.45) is 5.92 Å². The van der Waals surface area contributed by atoms with Crippen molar-refractivity contribution in [1.82, 2.24) is 0 Å². The lowest BCUT2D eigenvalue weighted by Crippen LogP contribution is -2.28. The van der Waals surface area contributed by atoms with Crippen LogP contribution in [0.2, 0.25) is 5.02 Å². The van der Waals surface area contributed by atoms with Crippen LogP contribution in [0.4, 0.5) is 10.7 Å². The van der Waals surface area contributed by atoms with E-state index in [1.165, 1.54) is 18.4 Å². The Morgan fingerprint density at radius 3 is 2.56 bits per heavy atom. The third-order valence-corrected chi connectivity index (χ3v) is 6.84. The number of hydrogen-bond donors (Lipinski definition) is 1. The first kappa shape index (κ1) is 23.8. The van der Waals surface area contributed by atoms with Gasteiger partial charge in [0.15, 0.2) is 0 Å². The molecule has 1 saturated heterocycles. The van der Waals surface area contributed by atoms with Crippen LogP contribution in [0.5, 0.6) is 5.75 Å². The fourth-order valence-corrected chi connectivity index (χ4v) is 5.02. The zero-order chi connectivity index (χ0) is 24.4. The van der Waals surface area contributed by atoms with Crippen LogP contribution < -0.4 is 15.0 Å². The summed E-state index contributed by atoms with van der Waals surface area (Å²) < 4.78 is 10.4. The van der Waals surface area contributed by atoms with Crippen LogP contribution in [0.25, 0.3) is 11.1 Å². The number of nitrogens with zero attached hydrogens (tertiary/aromatic N) is 1. The summed E-state index contributed by atoms with van der Waals surface area (Å²) in [4.78, 5) is 40.1. The van der Waals surface area contributed by atoms with E-state index >= 15 is 0 Å². The molecule has 1 aliphatic rings. The molecule has 1 fully saturated rings. The molecule has 2 heterocycles. The van der Waals surface area contributed by atoms with Crippen molar-refractivity contribution in [2.45, 2.75) is 13.3 Å². The molecule has 2 aromatic carbocycles. The number of aryl methyl sites for hydroxylation is 1. The van der Waals surface area contributed by atoms with Gasteiger partial charge < -0.3 is 19.7 Å². The summed E-state index contributed by atoms with van der Waals surface area (Å²) in [6.45, 7) is 2.14. The highest BCUT2D eigenvalue weighted by atomic mass is 35.5. The van der Waals surface area contributed by atoms with Crippen LogP contribution in [-0.2, 0) is 14.3 Å². The van der Waals surface area contributed by atoms with Gasteiger partial charge in [0.25, 0.3) is 0 Å². The second kappa shape index (κ2) is 9.87. The van der Waals surface area contributed by atoms with E-state index < -0.39 is 11.9 Å². The van der Waals surface area contributed by atoms with E-state index in [0.717, 1.165) is 11.1 Å². The molecule has 1 N–H and O–H groups in total. The van der Waals surface area contributed by atoms with Crippen molar-refractivity contribution >= 4 is 51.4 Å². The average Bonchev–Trinajstić information content (AvgIpc) is 3.42. The van der Waals surface area contributed by atoms with Gasteiger partial charge in [-0.25, -0.2) is 4.79 Å². The summed E-state index contributed by atoms with van der Waals surface area (Å²) in [6, 6.07) is 12.6. The SMILES string of the molecule is COC(=O)c1c(-c2ccc(Cl)cc2)csc1NC(=O)C1CC(=O)N(c2cc(C)ccc2OC)C1. The molecule has 9 heteroatoms. The highest BCUT2D eigenvalue weighted by Gasteiger charge is 2.37. The Morgan fingerprint density at radius 2 is 1.88 bits per heavy atom. The zero-order valence-corrected chi connectivity index (χ0v) is 20.5. The quantitative estimate of drug-likeness (QED) is 0.474. The number of hydrogen-bond acceptors (Lipinski definition) is 6. The van der Waals surface area contributed by atoms with Gasteiger partial charge in [0.05, 0.1) is 25.8 Å². The number of anilines is 2. The van der Waals surface area contributed by atoms with E-state index in [4.69, 9.17) is 21.1 Å². The van der Waals surface area contributed by atoms with Crippen molar-refractivity contribution in [1.29, 1.82) is 0 Å². The van der Waals surface area contributed by atoms with Crippen LogP contribution in [-0.4, -0.2) is 38.5 Å². The number of rotatable bonds is 6. The van der Waals surface area contributed by atoms with Gasteiger partial charge in [0, 0.05) is 28.9 Å². The van der Waals surface area contributed by atoms with E-state index in [0.29, 0.717) is 27.0 Å². The van der Waals surface area contributed by atoms with E-state index in [2.05, 4.69) is 5.32 Å². The van der Waals surface area contributed by atoms with Gasteiger partial charge in [-0.2, -0.15) is 0 Å². The lowest BCUT2D eigenvalue weighted by molar-refractivity contribution is -0.122. The number of methoxy groups -OCH3 is 2. The van der Waals surface area contributed by atoms with Gasteiger partial charge in [-0.15, -0.1) is 11.3 Å². The Kier molecular flexibility index (Phi) is 6.90. The molecule has 4 rings (SSSR count). The third kappa shape index (κ3) is 4.64. The molecule has 1 atom stereocenters. The lowest BCUT2D eigenvalue weighted by atomic mass is 10.0. The molecule has 176 valence electrons. The number of thiophene rings is 1. The van der Waals surface area contributed by atoms with Gasteiger partial charge >= 0.3 is 5.97 Å². The van der Waals surface area contributed by atoms with E-state index in [-0.39, 0.29) is 30.3 Å². The summed E-state index contributed by atoms with van der Waals surface area (Å²) in [5.74, 6) is -1.07. The van der Waals surface area contributed by atoms with E-state index in [9.17, 15) is 14.4 Å². The minimum Gasteiger partial charge on any atom is -0.495 e. The van der Waals surface area contributed by atoms with Gasteiger partial charge in [-0.3, -0.25) is 9.59 Å². The first-order valence-corrected chi connectivity index (χ1v) is 11.8. The maximum absolute atomic E-state index is 13.1. The lowest BCUT2D eigenvalue weighted by Gasteiger charge is -2.20. The number of carbonyl (C=O) groups excluding carboxylic acids is 3. The monoisotopic (exact) mass is 498 g/mol. The second-order valence-corrected chi connectivity index (χ2v) is 9.24. The highest BCUT2D eigenvalue weighted by molar-refractivity contribution is 7.15. The van der Waals surface area contributed by atoms with E-state index in [1.54, 1.807) is 47.7 Å². The molecule has 0 spiro atoms. The van der Waals surface area contributed by atoms with Gasteiger partial charge in [-0.1, -0.05) is 29.8 Å². The first-order chi connectivity index (χ1) is 16.3. The molecule has 0 saturated carbocycles. The van der Waals surface area contributed by atoms with Gasteiger partial charge in [-0.05, 0) is 42.3 Å². The largest absolute Gasteiger partial charge is 0.495 e. The summed E-state index contributed by atoms with van der Waals surface area (Å²) in [6.07, 6.45) is 0.0614. The molecule has 34 heavy (non-hydrogen) atoms. The maximum atomic E-state index is 13.1. The number of carbonyl (C=O) groups is 3. The third-order valence-electron chi connectivity index (χ3n) is 5.69. The number of benzene rings is 2. The van der Waals surface area contributed by atoms with Crippen LogP contribution >= 0.6 is 22.9 Å². The van der Waals surface area contributed by atoms with Gasteiger partial charge in [0.1, 0.15) is 16.3 Å². The van der Waals surface area contributed by atoms with Crippen molar-refractivity contribution in [3.05, 3.63) is 64.0 Å². The van der Waals surface area contributed by atoms with E-state index in [1.807, 2.05) is 19.1 Å². The van der Waals surface area contributed by atoms with Crippen molar-refractivity contribution < 1.29 is 23.9 Å². The molecule has 1 unspecified atom stereocenters. The van der Waals surface area contributed by atoms with Gasteiger partial charge in [0.2, 0.25) is 11.8 Å². The Bertz CT molecular complexity index is 1250. The number of esters is 1. The number of ether oxygens (including phenoxy) is 2. The summed E-state index contributed by atoms with van der Waals surface area (Å²) >= 11 is 7.21. The maximum Gasteiger partial charge on any atom is 0.341 e. The Hall–Kier alpha value is -3.36. The number of amides is 2. The summed E-state index contributed by atoms with van der Waals surface area (Å²) in [7, 11) is 2.84. The first-order valence-electron chi connectivity index (χ1n) is 10.5. The Labute approximate surface area is 206 Å². The van der Waals surface area contributed by atoms with Crippen LogP contribution in [0.15, 0.2) is 47.8 Å². The molecular weight excluding hydrogens is 476 g/mol. The van der Waals surface area contributed by atoms with Crippen LogP contribution in [0.3, 0.4) is 0 Å². The smallest absolute Gasteiger partial charge is 0.341 e. The Morgan fingerprint density at radius 1 is 1.15 bits per heavy atom. The predicted octanol–water partition coefficient (Wildman–Crippen LogP) is 5.16. The fourth-order valence-electron chi connectivity index (χ4n) is 3.94. The molecule has 0 bridgehead atoms. The average molecular weight is 499 g/mol. The highest BCUT2D eigenvalue weighted by Crippen LogP contribution is 2.38. The molecule has 0 aliphatic carbocycles. The van der Waals surface area contributed by atoms with Crippen LogP contribution in [0.1, 0.15) is 22.3 Å². The van der Waals surface area contributed by atoms with Crippen molar-refractivity contribution in [2.75, 3.05) is 31.0 Å². The molecule has 1 aromatic heterocycles. The minimum atomic E-state index is -0.579. The summed E-state index contributed by atoms with van der Waals surface area (Å²) in [5.41, 5.74) is 3.30. The van der Waals surface area contributed by atoms with Crippen LogP contribution in [0, 0.1) is 12.8 Å². The zero-order valence-electron chi connectivity index (χ0n) is 18.9. The molecular formula is C25H23ClN2O5S. The van der Waals surface area contributed by atoms with Crippen molar-refractivity contribution in [3.63, 3.8) is 0 Å². The fraction of sp³-hybridized carbons (Fsp3) is 0.240. The molecule has 3 aromatic rings. The molecule has 2 amide bonds.